The molecule has 1 aliphatic rings. The fourth-order valence-electron chi connectivity index (χ4n) is 1.39. The van der Waals surface area contributed by atoms with E-state index >= 15 is 0 Å². The summed E-state index contributed by atoms with van der Waals surface area (Å²) in [5, 5.41) is 8.80. The molecule has 16 heavy (non-hydrogen) atoms. The number of nitrogens with zero attached hydrogens (tertiary/aromatic N) is 2. The summed E-state index contributed by atoms with van der Waals surface area (Å²) in [6.45, 7) is 0.292. The maximum Gasteiger partial charge on any atom is 0.338 e. The first kappa shape index (κ1) is 10.4. The maximum atomic E-state index is 13.0. The van der Waals surface area contributed by atoms with Crippen LogP contribution in [0.4, 0.5) is 10.1 Å². The normalized spacial score (nSPS) is 14.8. The van der Waals surface area contributed by atoms with Crippen LogP contribution < -0.4 is 4.90 Å². The molecule has 0 amide bonds. The van der Waals surface area contributed by atoms with Crippen LogP contribution in [-0.4, -0.2) is 24.0 Å². The van der Waals surface area contributed by atoms with Crippen molar-refractivity contribution in [3.8, 4) is 0 Å². The van der Waals surface area contributed by atoms with E-state index in [0.717, 1.165) is 0 Å². The third-order valence-electron chi connectivity index (χ3n) is 2.15. The van der Waals surface area contributed by atoms with Crippen LogP contribution in [0.2, 0.25) is 0 Å². The molecule has 0 bridgehead atoms. The first-order valence-electron chi connectivity index (χ1n) is 4.64. The molecule has 1 aliphatic heterocycles. The van der Waals surface area contributed by atoms with Crippen molar-refractivity contribution < 1.29 is 14.3 Å². The number of carbonyl (C=O) groups is 1. The van der Waals surface area contributed by atoms with Gasteiger partial charge < -0.3 is 10.0 Å². The molecule has 5 heteroatoms. The van der Waals surface area contributed by atoms with E-state index in [2.05, 4.69) is 4.99 Å². The van der Waals surface area contributed by atoms with Gasteiger partial charge in [0.1, 0.15) is 12.5 Å². The summed E-state index contributed by atoms with van der Waals surface area (Å²) in [5.74, 6) is -1.41. The van der Waals surface area contributed by atoms with Crippen molar-refractivity contribution in [2.45, 2.75) is 0 Å². The highest BCUT2D eigenvalue weighted by molar-refractivity contribution is 6.09. The lowest BCUT2D eigenvalue weighted by Gasteiger charge is -2.21. The van der Waals surface area contributed by atoms with Gasteiger partial charge in [0.05, 0.1) is 5.57 Å². The van der Waals surface area contributed by atoms with Gasteiger partial charge in [-0.3, -0.25) is 4.99 Å². The number of halogens is 1. The molecule has 2 rings (SSSR count). The molecule has 0 spiro atoms. The molecular weight excluding hydrogens is 211 g/mol. The number of anilines is 1. The minimum atomic E-state index is -1.05. The lowest BCUT2D eigenvalue weighted by molar-refractivity contribution is -0.132. The third kappa shape index (κ3) is 2.08. The molecule has 1 aromatic rings. The first-order chi connectivity index (χ1) is 7.66. The van der Waals surface area contributed by atoms with Crippen LogP contribution in [0.3, 0.4) is 0 Å². The van der Waals surface area contributed by atoms with Gasteiger partial charge in [-0.25, -0.2) is 9.18 Å². The van der Waals surface area contributed by atoms with Crippen molar-refractivity contribution in [2.24, 2.45) is 4.99 Å². The van der Waals surface area contributed by atoms with E-state index in [1.165, 1.54) is 24.5 Å². The molecule has 1 N–H and O–H groups in total. The number of benzene rings is 1. The van der Waals surface area contributed by atoms with Crippen molar-refractivity contribution >= 4 is 17.9 Å². The van der Waals surface area contributed by atoms with Gasteiger partial charge in [-0.15, -0.1) is 0 Å². The Morgan fingerprint density at radius 3 is 3.00 bits per heavy atom. The van der Waals surface area contributed by atoms with E-state index < -0.39 is 5.97 Å². The summed E-state index contributed by atoms with van der Waals surface area (Å²) in [6, 6.07) is 5.92. The predicted molar refractivity (Wildman–Crippen MR) is 58.0 cm³/mol. The largest absolute Gasteiger partial charge is 0.478 e. The molecule has 4 nitrogen and oxygen atoms in total. The van der Waals surface area contributed by atoms with Crippen LogP contribution in [0.5, 0.6) is 0 Å². The summed E-state index contributed by atoms with van der Waals surface area (Å²) in [7, 11) is 0. The summed E-state index contributed by atoms with van der Waals surface area (Å²) < 4.78 is 13.0. The standard InChI is InChI=1S/C11H9FN2O2/c12-9-2-1-3-10(4-9)14-6-8(11(15)16)5-13-7-14/h1-6H,7H2,(H,15,16). The van der Waals surface area contributed by atoms with Crippen LogP contribution in [0.1, 0.15) is 0 Å². The second-order valence-corrected chi connectivity index (χ2v) is 3.29. The maximum absolute atomic E-state index is 13.0. The Morgan fingerprint density at radius 2 is 2.31 bits per heavy atom. The fraction of sp³-hybridized carbons (Fsp3) is 0.0909. The highest BCUT2D eigenvalue weighted by atomic mass is 19.1. The average molecular weight is 220 g/mol. The predicted octanol–water partition coefficient (Wildman–Crippen LogP) is 1.64. The van der Waals surface area contributed by atoms with Gasteiger partial charge in [-0.05, 0) is 18.2 Å². The summed E-state index contributed by atoms with van der Waals surface area (Å²) in [5.41, 5.74) is 0.658. The Morgan fingerprint density at radius 1 is 1.50 bits per heavy atom. The Balaban J connectivity index is 2.30. The van der Waals surface area contributed by atoms with Crippen LogP contribution in [0.25, 0.3) is 0 Å². The Labute approximate surface area is 91.3 Å². The van der Waals surface area contributed by atoms with Crippen molar-refractivity contribution in [1.82, 2.24) is 0 Å². The summed E-state index contributed by atoms with van der Waals surface area (Å²) >= 11 is 0. The van der Waals surface area contributed by atoms with E-state index in [4.69, 9.17) is 5.11 Å². The number of hydrogen-bond donors (Lipinski definition) is 1. The second-order valence-electron chi connectivity index (χ2n) is 3.29. The molecule has 0 radical (unpaired) electrons. The van der Waals surface area contributed by atoms with E-state index in [-0.39, 0.29) is 11.4 Å². The van der Waals surface area contributed by atoms with Crippen LogP contribution in [0.15, 0.2) is 41.0 Å². The molecule has 0 aliphatic carbocycles. The number of carboxylic acids is 1. The van der Waals surface area contributed by atoms with Gasteiger partial charge in [0.15, 0.2) is 0 Å². The fourth-order valence-corrected chi connectivity index (χ4v) is 1.39. The Hall–Kier alpha value is -2.17. The molecule has 0 atom stereocenters. The third-order valence-corrected chi connectivity index (χ3v) is 2.15. The van der Waals surface area contributed by atoms with E-state index in [0.29, 0.717) is 12.4 Å². The minimum Gasteiger partial charge on any atom is -0.478 e. The monoisotopic (exact) mass is 220 g/mol. The lowest BCUT2D eigenvalue weighted by Crippen LogP contribution is -2.23. The van der Waals surface area contributed by atoms with Crippen molar-refractivity contribution in [2.75, 3.05) is 11.6 Å². The minimum absolute atomic E-state index is 0.0792. The van der Waals surface area contributed by atoms with Crippen molar-refractivity contribution in [1.29, 1.82) is 0 Å². The zero-order chi connectivity index (χ0) is 11.5. The average Bonchev–Trinajstić information content (AvgIpc) is 2.29. The highest BCUT2D eigenvalue weighted by Gasteiger charge is 2.13. The molecule has 0 fully saturated rings. The Bertz CT molecular complexity index is 483. The lowest BCUT2D eigenvalue weighted by atomic mass is 10.2. The van der Waals surface area contributed by atoms with E-state index in [9.17, 15) is 9.18 Å². The quantitative estimate of drug-likeness (QED) is 0.824. The molecule has 1 aromatic carbocycles. The zero-order valence-corrected chi connectivity index (χ0v) is 8.30. The first-order valence-corrected chi connectivity index (χ1v) is 4.64. The van der Waals surface area contributed by atoms with Crippen molar-refractivity contribution in [3.63, 3.8) is 0 Å². The topological polar surface area (TPSA) is 52.9 Å². The summed E-state index contributed by atoms with van der Waals surface area (Å²) in [4.78, 5) is 16.2. The van der Waals surface area contributed by atoms with Gasteiger partial charge in [0.25, 0.3) is 0 Å². The number of aliphatic imine (C=N–C) groups is 1. The van der Waals surface area contributed by atoms with Gasteiger partial charge in [-0.2, -0.15) is 0 Å². The number of rotatable bonds is 2. The summed E-state index contributed by atoms with van der Waals surface area (Å²) in [6.07, 6.45) is 2.72. The highest BCUT2D eigenvalue weighted by Crippen LogP contribution is 2.18. The molecule has 0 saturated heterocycles. The molecule has 1 heterocycles. The smallest absolute Gasteiger partial charge is 0.338 e. The second kappa shape index (κ2) is 4.14. The molecular formula is C11H9FN2O2. The van der Waals surface area contributed by atoms with Gasteiger partial charge in [0.2, 0.25) is 0 Å². The van der Waals surface area contributed by atoms with Crippen LogP contribution >= 0.6 is 0 Å². The molecule has 82 valence electrons. The number of aliphatic carboxylic acids is 1. The Kier molecular flexibility index (Phi) is 2.68. The van der Waals surface area contributed by atoms with Crippen LogP contribution in [-0.2, 0) is 4.79 Å². The van der Waals surface area contributed by atoms with E-state index in [1.807, 2.05) is 0 Å². The number of hydrogen-bond acceptors (Lipinski definition) is 3. The van der Waals surface area contributed by atoms with Gasteiger partial charge in [0, 0.05) is 18.1 Å². The van der Waals surface area contributed by atoms with Gasteiger partial charge in [-0.1, -0.05) is 6.07 Å². The van der Waals surface area contributed by atoms with Crippen LogP contribution in [0, 0.1) is 5.82 Å². The molecule has 0 aromatic heterocycles. The van der Waals surface area contributed by atoms with Gasteiger partial charge >= 0.3 is 5.97 Å². The molecule has 0 saturated carbocycles. The number of carboxylic acid groups (broad SMARTS) is 1. The zero-order valence-electron chi connectivity index (χ0n) is 8.30. The van der Waals surface area contributed by atoms with E-state index in [1.54, 1.807) is 17.0 Å². The van der Waals surface area contributed by atoms with Crippen molar-refractivity contribution in [3.05, 3.63) is 41.9 Å². The SMILES string of the molecule is O=C(O)C1=CN(c2cccc(F)c2)CN=C1. The molecule has 0 unspecified atom stereocenters.